The molecule has 0 unspecified atom stereocenters. The van der Waals surface area contributed by atoms with Gasteiger partial charge in [-0.05, 0) is 30.7 Å². The number of sulfonamides is 1. The van der Waals surface area contributed by atoms with Gasteiger partial charge in [-0.3, -0.25) is 0 Å². The van der Waals surface area contributed by atoms with Gasteiger partial charge in [-0.2, -0.15) is 9.29 Å². The lowest BCUT2D eigenvalue weighted by Crippen LogP contribution is -2.47. The fraction of sp³-hybridized carbons (Fsp3) is 0.222. The maximum absolute atomic E-state index is 12.4. The van der Waals surface area contributed by atoms with Gasteiger partial charge in [0.2, 0.25) is 21.7 Å². The summed E-state index contributed by atoms with van der Waals surface area (Å²) in [6, 6.07) is 11.1. The minimum atomic E-state index is -3.46. The Balaban J connectivity index is 1.40. The van der Waals surface area contributed by atoms with Crippen LogP contribution in [0.3, 0.4) is 0 Å². The Hall–Kier alpha value is -2.71. The Bertz CT molecular complexity index is 1010. The van der Waals surface area contributed by atoms with Crippen LogP contribution in [-0.2, 0) is 10.0 Å². The van der Waals surface area contributed by atoms with Gasteiger partial charge in [-0.1, -0.05) is 35.0 Å². The zero-order chi connectivity index (χ0) is 18.1. The molecule has 1 aliphatic heterocycles. The molecule has 7 nitrogen and oxygen atoms in total. The van der Waals surface area contributed by atoms with E-state index in [1.807, 2.05) is 31.2 Å². The van der Waals surface area contributed by atoms with Gasteiger partial charge in [-0.25, -0.2) is 8.42 Å². The first-order valence-corrected chi connectivity index (χ1v) is 9.64. The van der Waals surface area contributed by atoms with Crippen molar-refractivity contribution < 1.29 is 17.4 Å². The number of aromatic nitrogens is 2. The molecule has 3 heterocycles. The van der Waals surface area contributed by atoms with Crippen LogP contribution in [0, 0.1) is 6.92 Å². The van der Waals surface area contributed by atoms with Crippen LogP contribution in [0.15, 0.2) is 57.0 Å². The van der Waals surface area contributed by atoms with Crippen LogP contribution in [0.4, 0.5) is 0 Å². The third-order valence-electron chi connectivity index (χ3n) is 4.25. The van der Waals surface area contributed by atoms with E-state index in [1.54, 1.807) is 18.2 Å². The van der Waals surface area contributed by atoms with E-state index in [4.69, 9.17) is 8.94 Å². The number of nitrogens with zero attached hydrogens (tertiary/aromatic N) is 3. The first-order valence-electron chi connectivity index (χ1n) is 8.14. The predicted molar refractivity (Wildman–Crippen MR) is 95.4 cm³/mol. The smallest absolute Gasteiger partial charge is 0.238 e. The van der Waals surface area contributed by atoms with Crippen molar-refractivity contribution in [3.05, 3.63) is 65.1 Å². The van der Waals surface area contributed by atoms with Gasteiger partial charge in [0.05, 0.1) is 12.2 Å². The van der Waals surface area contributed by atoms with Crippen LogP contribution in [0.2, 0.25) is 0 Å². The highest BCUT2D eigenvalue weighted by Crippen LogP contribution is 2.30. The topological polar surface area (TPSA) is 89.4 Å². The number of furan rings is 1. The molecule has 1 fully saturated rings. The van der Waals surface area contributed by atoms with Gasteiger partial charge in [0.15, 0.2) is 5.76 Å². The Labute approximate surface area is 151 Å². The molecule has 2 aromatic heterocycles. The molecule has 0 N–H and O–H groups in total. The van der Waals surface area contributed by atoms with Gasteiger partial charge in [0.1, 0.15) is 0 Å². The summed E-state index contributed by atoms with van der Waals surface area (Å²) in [7, 11) is -3.46. The Morgan fingerprint density at radius 2 is 1.96 bits per heavy atom. The second-order valence-corrected chi connectivity index (χ2v) is 8.02. The van der Waals surface area contributed by atoms with Crippen molar-refractivity contribution in [2.45, 2.75) is 12.8 Å². The van der Waals surface area contributed by atoms with E-state index < -0.39 is 10.0 Å². The molecule has 0 radical (unpaired) electrons. The molecular weight excluding hydrogens is 354 g/mol. The standard InChI is InChI=1S/C18H17N3O4S/c1-13-4-6-14(7-5-13)8-10-26(22,23)21-11-15(12-21)18-19-17(20-25-18)16-3-2-9-24-16/h2-10,15H,11-12H2,1H3/b10-8+. The van der Waals surface area contributed by atoms with E-state index in [2.05, 4.69) is 10.1 Å². The molecule has 0 bridgehead atoms. The number of rotatable bonds is 5. The summed E-state index contributed by atoms with van der Waals surface area (Å²) < 4.78 is 36.6. The third-order valence-corrected chi connectivity index (χ3v) is 5.75. The predicted octanol–water partition coefficient (Wildman–Crippen LogP) is 3.04. The van der Waals surface area contributed by atoms with E-state index >= 15 is 0 Å². The summed E-state index contributed by atoms with van der Waals surface area (Å²) in [5, 5.41) is 5.10. The number of hydrogen-bond acceptors (Lipinski definition) is 6. The van der Waals surface area contributed by atoms with Gasteiger partial charge >= 0.3 is 0 Å². The summed E-state index contributed by atoms with van der Waals surface area (Å²) in [5.41, 5.74) is 1.97. The van der Waals surface area contributed by atoms with Crippen molar-refractivity contribution in [2.75, 3.05) is 13.1 Å². The van der Waals surface area contributed by atoms with Crippen LogP contribution in [0.5, 0.6) is 0 Å². The molecule has 134 valence electrons. The van der Waals surface area contributed by atoms with Crippen molar-refractivity contribution >= 4 is 16.1 Å². The molecule has 0 amide bonds. The highest BCUT2D eigenvalue weighted by molar-refractivity contribution is 7.92. The van der Waals surface area contributed by atoms with Crippen LogP contribution in [0.25, 0.3) is 17.7 Å². The minimum Gasteiger partial charge on any atom is -0.461 e. The molecule has 1 aromatic carbocycles. The van der Waals surface area contributed by atoms with E-state index in [0.717, 1.165) is 11.1 Å². The van der Waals surface area contributed by atoms with E-state index in [9.17, 15) is 8.42 Å². The van der Waals surface area contributed by atoms with Crippen LogP contribution >= 0.6 is 0 Å². The molecule has 0 aliphatic carbocycles. The maximum Gasteiger partial charge on any atom is 0.238 e. The Morgan fingerprint density at radius 1 is 1.19 bits per heavy atom. The van der Waals surface area contributed by atoms with Crippen LogP contribution in [-0.4, -0.2) is 36.0 Å². The quantitative estimate of drug-likeness (QED) is 0.685. The summed E-state index contributed by atoms with van der Waals surface area (Å²) in [6.07, 6.45) is 3.13. The van der Waals surface area contributed by atoms with Crippen molar-refractivity contribution in [1.29, 1.82) is 0 Å². The lowest BCUT2D eigenvalue weighted by molar-refractivity contribution is 0.218. The Morgan fingerprint density at radius 3 is 2.65 bits per heavy atom. The fourth-order valence-electron chi connectivity index (χ4n) is 2.64. The average Bonchev–Trinajstić information content (AvgIpc) is 3.24. The minimum absolute atomic E-state index is 0.103. The van der Waals surface area contributed by atoms with Gasteiger partial charge in [0, 0.05) is 18.5 Å². The highest BCUT2D eigenvalue weighted by Gasteiger charge is 2.38. The molecule has 1 aliphatic rings. The second kappa shape index (κ2) is 6.54. The molecule has 0 spiro atoms. The van der Waals surface area contributed by atoms with Gasteiger partial charge < -0.3 is 8.94 Å². The molecule has 1 saturated heterocycles. The second-order valence-electron chi connectivity index (χ2n) is 6.21. The molecular formula is C18H17N3O4S. The normalized spacial score (nSPS) is 16.2. The van der Waals surface area contributed by atoms with Gasteiger partial charge in [-0.15, -0.1) is 0 Å². The van der Waals surface area contributed by atoms with E-state index in [-0.39, 0.29) is 5.92 Å². The van der Waals surface area contributed by atoms with Crippen molar-refractivity contribution in [3.8, 4) is 11.6 Å². The summed E-state index contributed by atoms with van der Waals surface area (Å²) in [4.78, 5) is 4.28. The molecule has 26 heavy (non-hydrogen) atoms. The number of hydrogen-bond donors (Lipinski definition) is 0. The lowest BCUT2D eigenvalue weighted by Gasteiger charge is -2.34. The number of benzene rings is 1. The van der Waals surface area contributed by atoms with Crippen molar-refractivity contribution in [1.82, 2.24) is 14.4 Å². The first kappa shape index (κ1) is 16.7. The van der Waals surface area contributed by atoms with E-state index in [0.29, 0.717) is 30.6 Å². The zero-order valence-electron chi connectivity index (χ0n) is 14.1. The molecule has 4 rings (SSSR count). The largest absolute Gasteiger partial charge is 0.461 e. The molecule has 0 saturated carbocycles. The Kier molecular flexibility index (Phi) is 4.21. The molecule has 0 atom stereocenters. The fourth-order valence-corrected chi connectivity index (χ4v) is 3.91. The monoisotopic (exact) mass is 371 g/mol. The molecule has 3 aromatic rings. The van der Waals surface area contributed by atoms with Crippen molar-refractivity contribution in [3.63, 3.8) is 0 Å². The average molecular weight is 371 g/mol. The highest BCUT2D eigenvalue weighted by atomic mass is 32.2. The molecule has 8 heteroatoms. The van der Waals surface area contributed by atoms with Crippen molar-refractivity contribution in [2.24, 2.45) is 0 Å². The zero-order valence-corrected chi connectivity index (χ0v) is 14.9. The van der Waals surface area contributed by atoms with Crippen LogP contribution < -0.4 is 0 Å². The third kappa shape index (κ3) is 3.33. The van der Waals surface area contributed by atoms with Gasteiger partial charge in [0.25, 0.3) is 0 Å². The summed E-state index contributed by atoms with van der Waals surface area (Å²) in [5.74, 6) is 1.20. The van der Waals surface area contributed by atoms with E-state index in [1.165, 1.54) is 16.0 Å². The number of aryl methyl sites for hydroxylation is 1. The lowest BCUT2D eigenvalue weighted by atomic mass is 10.0. The van der Waals surface area contributed by atoms with Crippen LogP contribution in [0.1, 0.15) is 22.9 Å². The summed E-state index contributed by atoms with van der Waals surface area (Å²) >= 11 is 0. The summed E-state index contributed by atoms with van der Waals surface area (Å²) in [6.45, 7) is 2.62. The maximum atomic E-state index is 12.4. The first-order chi connectivity index (χ1) is 12.5. The SMILES string of the molecule is Cc1ccc(/C=C/S(=O)(=O)N2CC(c3nc(-c4ccco4)no3)C2)cc1.